The molecule has 1 aromatic carbocycles. The van der Waals surface area contributed by atoms with Crippen LogP contribution in [0.3, 0.4) is 0 Å². The molecule has 0 radical (unpaired) electrons. The van der Waals surface area contributed by atoms with Crippen molar-refractivity contribution in [1.29, 1.82) is 0 Å². The maximum absolute atomic E-state index is 13.4. The molecular formula is C26H31N3O2S2. The van der Waals surface area contributed by atoms with Gasteiger partial charge >= 0.3 is 0 Å². The molecule has 0 spiro atoms. The SMILES string of the molecule is C=CCn1c(SCC(=O)Nc2ccc(C(C)CC)cc2)nc2sc3c(c2c1=O)CCC(C)C3. The fraction of sp³-hybridized carbons (Fsp3) is 0.423. The molecule has 2 aromatic heterocycles. The van der Waals surface area contributed by atoms with E-state index in [1.165, 1.54) is 27.8 Å². The normalized spacial score (nSPS) is 16.4. The van der Waals surface area contributed by atoms with Crippen molar-refractivity contribution in [3.05, 3.63) is 63.3 Å². The molecule has 7 heteroatoms. The third-order valence-corrected chi connectivity index (χ3v) is 8.52. The van der Waals surface area contributed by atoms with Crippen LogP contribution >= 0.6 is 23.1 Å². The minimum Gasteiger partial charge on any atom is -0.325 e. The number of aromatic nitrogens is 2. The molecule has 2 heterocycles. The molecule has 0 fully saturated rings. The highest BCUT2D eigenvalue weighted by atomic mass is 32.2. The maximum Gasteiger partial charge on any atom is 0.263 e. The third-order valence-electron chi connectivity index (χ3n) is 6.40. The minimum atomic E-state index is -0.116. The lowest BCUT2D eigenvalue weighted by molar-refractivity contribution is -0.113. The van der Waals surface area contributed by atoms with Gasteiger partial charge in [-0.1, -0.05) is 50.7 Å². The van der Waals surface area contributed by atoms with Gasteiger partial charge in [0.05, 0.1) is 11.1 Å². The van der Waals surface area contributed by atoms with Crippen LogP contribution in [0.5, 0.6) is 0 Å². The molecule has 0 saturated carbocycles. The maximum atomic E-state index is 13.4. The Labute approximate surface area is 203 Å². The van der Waals surface area contributed by atoms with Gasteiger partial charge in [-0.3, -0.25) is 14.2 Å². The second-order valence-corrected chi connectivity index (χ2v) is 10.9. The lowest BCUT2D eigenvalue weighted by atomic mass is 9.89. The summed E-state index contributed by atoms with van der Waals surface area (Å²) in [4.78, 5) is 32.9. The van der Waals surface area contributed by atoms with E-state index in [-0.39, 0.29) is 17.2 Å². The fourth-order valence-corrected chi connectivity index (χ4v) is 6.50. The van der Waals surface area contributed by atoms with E-state index in [0.717, 1.165) is 41.6 Å². The van der Waals surface area contributed by atoms with Crippen LogP contribution in [0.25, 0.3) is 10.2 Å². The zero-order chi connectivity index (χ0) is 23.5. The molecule has 1 aliphatic carbocycles. The number of allylic oxidation sites excluding steroid dienone is 1. The van der Waals surface area contributed by atoms with Crippen molar-refractivity contribution in [1.82, 2.24) is 9.55 Å². The molecule has 0 bridgehead atoms. The Morgan fingerprint density at radius 1 is 1.39 bits per heavy atom. The van der Waals surface area contributed by atoms with Gasteiger partial charge in [-0.2, -0.15) is 0 Å². The summed E-state index contributed by atoms with van der Waals surface area (Å²) in [5, 5.41) is 4.29. The predicted molar refractivity (Wildman–Crippen MR) is 140 cm³/mol. The van der Waals surface area contributed by atoms with Crippen molar-refractivity contribution in [2.45, 2.75) is 64.1 Å². The number of amides is 1. The van der Waals surface area contributed by atoms with E-state index in [2.05, 4.69) is 44.8 Å². The van der Waals surface area contributed by atoms with Crippen molar-refractivity contribution < 1.29 is 4.79 Å². The Hall–Kier alpha value is -2.38. The van der Waals surface area contributed by atoms with Crippen LogP contribution < -0.4 is 10.9 Å². The molecule has 3 aromatic rings. The number of anilines is 1. The van der Waals surface area contributed by atoms with E-state index in [1.807, 2.05) is 12.1 Å². The van der Waals surface area contributed by atoms with Gasteiger partial charge in [0.25, 0.3) is 5.56 Å². The van der Waals surface area contributed by atoms with E-state index in [4.69, 9.17) is 4.98 Å². The lowest BCUT2D eigenvalue weighted by Gasteiger charge is -2.17. The van der Waals surface area contributed by atoms with Crippen molar-refractivity contribution >= 4 is 44.9 Å². The molecule has 1 amide bonds. The average molecular weight is 482 g/mol. The van der Waals surface area contributed by atoms with Gasteiger partial charge in [0, 0.05) is 17.1 Å². The average Bonchev–Trinajstić information content (AvgIpc) is 3.17. The molecule has 5 nitrogen and oxygen atoms in total. The standard InChI is InChI=1S/C26H31N3O2S2/c1-5-13-29-25(31)23-20-12-7-16(3)14-21(20)33-24(23)28-26(29)32-15-22(30)27-19-10-8-18(9-11-19)17(4)6-2/h5,8-11,16-17H,1,6-7,12-15H2,2-4H3,(H,27,30). The Morgan fingerprint density at radius 2 is 2.15 bits per heavy atom. The highest BCUT2D eigenvalue weighted by Crippen LogP contribution is 2.36. The number of hydrogen-bond donors (Lipinski definition) is 1. The number of thioether (sulfide) groups is 1. The fourth-order valence-electron chi connectivity index (χ4n) is 4.26. The van der Waals surface area contributed by atoms with Crippen molar-refractivity contribution in [3.8, 4) is 0 Å². The number of hydrogen-bond acceptors (Lipinski definition) is 5. The van der Waals surface area contributed by atoms with Gasteiger partial charge in [-0.05, 0) is 60.8 Å². The van der Waals surface area contributed by atoms with Crippen LogP contribution in [-0.4, -0.2) is 21.2 Å². The number of aryl methyl sites for hydroxylation is 1. The Morgan fingerprint density at radius 3 is 2.85 bits per heavy atom. The summed E-state index contributed by atoms with van der Waals surface area (Å²) in [5.74, 6) is 1.21. The number of nitrogens with zero attached hydrogens (tertiary/aromatic N) is 2. The van der Waals surface area contributed by atoms with Crippen LogP contribution in [-0.2, 0) is 24.2 Å². The van der Waals surface area contributed by atoms with Crippen LogP contribution in [0.15, 0.2) is 46.9 Å². The first-order chi connectivity index (χ1) is 15.9. The quantitative estimate of drug-likeness (QED) is 0.243. The highest BCUT2D eigenvalue weighted by Gasteiger charge is 2.24. The first kappa shape index (κ1) is 23.8. The van der Waals surface area contributed by atoms with E-state index >= 15 is 0 Å². The predicted octanol–water partition coefficient (Wildman–Crippen LogP) is 6.01. The third kappa shape index (κ3) is 5.09. The number of nitrogens with one attached hydrogen (secondary N) is 1. The monoisotopic (exact) mass is 481 g/mol. The van der Waals surface area contributed by atoms with Gasteiger partial charge in [-0.25, -0.2) is 4.98 Å². The molecular weight excluding hydrogens is 450 g/mol. The summed E-state index contributed by atoms with van der Waals surface area (Å²) < 4.78 is 1.65. The molecule has 1 aliphatic rings. The molecule has 0 saturated heterocycles. The second kappa shape index (κ2) is 10.3. The Bertz CT molecular complexity index is 1230. The number of thiophene rings is 1. The second-order valence-electron chi connectivity index (χ2n) is 8.90. The van der Waals surface area contributed by atoms with Crippen LogP contribution in [0.2, 0.25) is 0 Å². The van der Waals surface area contributed by atoms with E-state index in [1.54, 1.807) is 22.0 Å². The molecule has 2 unspecified atom stereocenters. The van der Waals surface area contributed by atoms with E-state index in [0.29, 0.717) is 23.5 Å². The number of carbonyl (C=O) groups is 1. The molecule has 33 heavy (non-hydrogen) atoms. The lowest BCUT2D eigenvalue weighted by Crippen LogP contribution is -2.24. The smallest absolute Gasteiger partial charge is 0.263 e. The molecule has 1 N–H and O–H groups in total. The first-order valence-electron chi connectivity index (χ1n) is 11.6. The number of carbonyl (C=O) groups excluding carboxylic acids is 1. The van der Waals surface area contributed by atoms with Crippen molar-refractivity contribution in [3.63, 3.8) is 0 Å². The summed E-state index contributed by atoms with van der Waals surface area (Å²) in [5.41, 5.74) is 3.21. The van der Waals surface area contributed by atoms with E-state index in [9.17, 15) is 9.59 Å². The Balaban J connectivity index is 1.53. The first-order valence-corrected chi connectivity index (χ1v) is 13.4. The van der Waals surface area contributed by atoms with Crippen LogP contribution in [0.1, 0.15) is 55.5 Å². The summed E-state index contributed by atoms with van der Waals surface area (Å²) >= 11 is 2.94. The molecule has 174 valence electrons. The summed E-state index contributed by atoms with van der Waals surface area (Å²) in [6.07, 6.45) is 5.84. The number of rotatable bonds is 8. The molecule has 0 aliphatic heterocycles. The van der Waals surface area contributed by atoms with Gasteiger partial charge in [0.1, 0.15) is 4.83 Å². The van der Waals surface area contributed by atoms with Gasteiger partial charge < -0.3 is 5.32 Å². The van der Waals surface area contributed by atoms with Crippen molar-refractivity contribution in [2.75, 3.05) is 11.1 Å². The number of fused-ring (bicyclic) bond motifs is 3. The van der Waals surface area contributed by atoms with Crippen LogP contribution in [0.4, 0.5) is 5.69 Å². The van der Waals surface area contributed by atoms with Crippen LogP contribution in [0, 0.1) is 5.92 Å². The molecule has 4 rings (SSSR count). The van der Waals surface area contributed by atoms with Gasteiger partial charge in [0.2, 0.25) is 5.91 Å². The summed E-state index contributed by atoms with van der Waals surface area (Å²) in [7, 11) is 0. The topological polar surface area (TPSA) is 64.0 Å². The Kier molecular flexibility index (Phi) is 7.39. The van der Waals surface area contributed by atoms with Gasteiger partial charge in [0.15, 0.2) is 5.16 Å². The largest absolute Gasteiger partial charge is 0.325 e. The molecule has 2 atom stereocenters. The summed E-state index contributed by atoms with van der Waals surface area (Å²) in [6.45, 7) is 10.8. The minimum absolute atomic E-state index is 0.0181. The van der Waals surface area contributed by atoms with E-state index < -0.39 is 0 Å². The summed E-state index contributed by atoms with van der Waals surface area (Å²) in [6, 6.07) is 8.01. The zero-order valence-electron chi connectivity index (χ0n) is 19.5. The highest BCUT2D eigenvalue weighted by molar-refractivity contribution is 7.99. The van der Waals surface area contributed by atoms with Crippen molar-refractivity contribution in [2.24, 2.45) is 5.92 Å². The number of benzene rings is 1. The van der Waals surface area contributed by atoms with Gasteiger partial charge in [-0.15, -0.1) is 17.9 Å². The zero-order valence-corrected chi connectivity index (χ0v) is 21.2.